The molecule has 0 saturated heterocycles. The van der Waals surface area contributed by atoms with E-state index in [-0.39, 0.29) is 6.04 Å². The van der Waals surface area contributed by atoms with Gasteiger partial charge in [0.2, 0.25) is 0 Å². The lowest BCUT2D eigenvalue weighted by molar-refractivity contribution is 0.208. The van der Waals surface area contributed by atoms with Crippen LogP contribution in [0.25, 0.3) is 0 Å². The van der Waals surface area contributed by atoms with Gasteiger partial charge in [-0.15, -0.1) is 0 Å². The Balaban J connectivity index is 2.09. The molecule has 0 amide bonds. The average molecular weight is 311 g/mol. The van der Waals surface area contributed by atoms with Crippen LogP contribution in [0.2, 0.25) is 0 Å². The Morgan fingerprint density at radius 2 is 1.94 bits per heavy atom. The van der Waals surface area contributed by atoms with Gasteiger partial charge in [0.1, 0.15) is 0 Å². The molecular formula is C15H23BrN2. The minimum absolute atomic E-state index is 0.144. The maximum absolute atomic E-state index is 6.19. The fourth-order valence-corrected chi connectivity index (χ4v) is 3.02. The van der Waals surface area contributed by atoms with E-state index in [1.807, 2.05) is 0 Å². The summed E-state index contributed by atoms with van der Waals surface area (Å²) in [7, 11) is 2.20. The minimum atomic E-state index is 0.144. The molecule has 2 N–H and O–H groups in total. The van der Waals surface area contributed by atoms with Gasteiger partial charge in [-0.25, -0.2) is 0 Å². The standard InChI is InChI=1S/C15H23BrN2/c1-10-8-13(10)9-18(3)15(11(2)17)12-4-6-14(16)7-5-12/h4-7,10-11,13,15H,8-9,17H2,1-3H3. The van der Waals surface area contributed by atoms with E-state index in [9.17, 15) is 0 Å². The van der Waals surface area contributed by atoms with E-state index in [2.05, 4.69) is 66.0 Å². The zero-order valence-corrected chi connectivity index (χ0v) is 13.0. The highest BCUT2D eigenvalue weighted by Gasteiger charge is 2.35. The van der Waals surface area contributed by atoms with Crippen molar-refractivity contribution in [3.05, 3.63) is 34.3 Å². The van der Waals surface area contributed by atoms with Crippen LogP contribution in [0, 0.1) is 11.8 Å². The van der Waals surface area contributed by atoms with Crippen LogP contribution in [-0.2, 0) is 0 Å². The van der Waals surface area contributed by atoms with Gasteiger partial charge in [0.15, 0.2) is 0 Å². The van der Waals surface area contributed by atoms with Crippen molar-refractivity contribution in [2.75, 3.05) is 13.6 Å². The van der Waals surface area contributed by atoms with Gasteiger partial charge in [-0.3, -0.25) is 4.90 Å². The summed E-state index contributed by atoms with van der Waals surface area (Å²) in [6, 6.07) is 8.99. The number of halogens is 1. The summed E-state index contributed by atoms with van der Waals surface area (Å²) in [4.78, 5) is 2.42. The molecule has 0 aliphatic heterocycles. The number of hydrogen-bond acceptors (Lipinski definition) is 2. The number of rotatable bonds is 5. The molecular weight excluding hydrogens is 288 g/mol. The summed E-state index contributed by atoms with van der Waals surface area (Å²) in [6.45, 7) is 5.59. The molecule has 1 aliphatic carbocycles. The van der Waals surface area contributed by atoms with Crippen molar-refractivity contribution in [3.8, 4) is 0 Å². The summed E-state index contributed by atoms with van der Waals surface area (Å²) < 4.78 is 1.12. The van der Waals surface area contributed by atoms with Crippen molar-refractivity contribution in [3.63, 3.8) is 0 Å². The van der Waals surface area contributed by atoms with E-state index < -0.39 is 0 Å². The van der Waals surface area contributed by atoms with Crippen molar-refractivity contribution >= 4 is 15.9 Å². The van der Waals surface area contributed by atoms with Gasteiger partial charge < -0.3 is 5.73 Å². The summed E-state index contributed by atoms with van der Waals surface area (Å²) in [5.41, 5.74) is 7.49. The Morgan fingerprint density at radius 1 is 1.39 bits per heavy atom. The van der Waals surface area contributed by atoms with Gasteiger partial charge in [-0.05, 0) is 49.9 Å². The van der Waals surface area contributed by atoms with Gasteiger partial charge in [0.05, 0.1) is 0 Å². The van der Waals surface area contributed by atoms with Crippen LogP contribution in [0.5, 0.6) is 0 Å². The Bertz CT molecular complexity index is 388. The largest absolute Gasteiger partial charge is 0.326 e. The third-order valence-electron chi connectivity index (χ3n) is 3.98. The first-order chi connectivity index (χ1) is 8.49. The highest BCUT2D eigenvalue weighted by Crippen LogP contribution is 2.39. The second-order valence-electron chi connectivity index (χ2n) is 5.77. The number of likely N-dealkylation sites (N-methyl/N-ethyl adjacent to an activating group) is 1. The lowest BCUT2D eigenvalue weighted by atomic mass is 9.99. The summed E-state index contributed by atoms with van der Waals surface area (Å²) >= 11 is 3.48. The van der Waals surface area contributed by atoms with Crippen molar-refractivity contribution in [1.29, 1.82) is 0 Å². The molecule has 1 aromatic rings. The Morgan fingerprint density at radius 3 is 2.39 bits per heavy atom. The quantitative estimate of drug-likeness (QED) is 0.903. The molecule has 1 saturated carbocycles. The third kappa shape index (κ3) is 3.34. The first-order valence-corrected chi connectivity index (χ1v) is 7.49. The van der Waals surface area contributed by atoms with Crippen LogP contribution in [0.3, 0.4) is 0 Å². The first kappa shape index (κ1) is 14.0. The Labute approximate surface area is 119 Å². The molecule has 0 heterocycles. The van der Waals surface area contributed by atoms with Crippen molar-refractivity contribution in [2.24, 2.45) is 17.6 Å². The van der Waals surface area contributed by atoms with Gasteiger partial charge >= 0.3 is 0 Å². The molecule has 1 aromatic carbocycles. The van der Waals surface area contributed by atoms with Gasteiger partial charge in [-0.2, -0.15) is 0 Å². The molecule has 1 fully saturated rings. The molecule has 18 heavy (non-hydrogen) atoms. The molecule has 4 atom stereocenters. The lowest BCUT2D eigenvalue weighted by Gasteiger charge is -2.31. The first-order valence-electron chi connectivity index (χ1n) is 6.70. The van der Waals surface area contributed by atoms with Gasteiger partial charge in [-0.1, -0.05) is 35.0 Å². The Hall–Kier alpha value is -0.380. The molecule has 0 bridgehead atoms. The average Bonchev–Trinajstić information content (AvgIpc) is 2.97. The smallest absolute Gasteiger partial charge is 0.0493 e. The summed E-state index contributed by atoms with van der Waals surface area (Å²) in [5, 5.41) is 0. The van der Waals surface area contributed by atoms with Crippen LogP contribution in [-0.4, -0.2) is 24.5 Å². The Kier molecular flexibility index (Phi) is 4.46. The van der Waals surface area contributed by atoms with Crippen LogP contribution < -0.4 is 5.73 Å². The highest BCUT2D eigenvalue weighted by molar-refractivity contribution is 9.10. The van der Waals surface area contributed by atoms with E-state index in [1.165, 1.54) is 12.0 Å². The summed E-state index contributed by atoms with van der Waals surface area (Å²) in [6.07, 6.45) is 1.37. The maximum Gasteiger partial charge on any atom is 0.0493 e. The highest BCUT2D eigenvalue weighted by atomic mass is 79.9. The van der Waals surface area contributed by atoms with E-state index >= 15 is 0 Å². The minimum Gasteiger partial charge on any atom is -0.326 e. The van der Waals surface area contributed by atoms with E-state index in [0.29, 0.717) is 6.04 Å². The number of benzene rings is 1. The predicted octanol–water partition coefficient (Wildman–Crippen LogP) is 3.43. The zero-order valence-electron chi connectivity index (χ0n) is 11.4. The molecule has 0 radical (unpaired) electrons. The normalized spacial score (nSPS) is 26.1. The van der Waals surface area contributed by atoms with Crippen LogP contribution in [0.1, 0.15) is 31.9 Å². The van der Waals surface area contributed by atoms with Crippen molar-refractivity contribution in [1.82, 2.24) is 4.90 Å². The topological polar surface area (TPSA) is 29.3 Å². The second-order valence-corrected chi connectivity index (χ2v) is 6.68. The molecule has 0 aromatic heterocycles. The van der Waals surface area contributed by atoms with Gasteiger partial charge in [0.25, 0.3) is 0 Å². The van der Waals surface area contributed by atoms with Crippen molar-refractivity contribution in [2.45, 2.75) is 32.4 Å². The van der Waals surface area contributed by atoms with Crippen molar-refractivity contribution < 1.29 is 0 Å². The molecule has 4 unspecified atom stereocenters. The summed E-state index contributed by atoms with van der Waals surface area (Å²) in [5.74, 6) is 1.76. The number of nitrogens with zero attached hydrogens (tertiary/aromatic N) is 1. The SMILES string of the molecule is CC(N)C(c1ccc(Br)cc1)N(C)CC1CC1C. The van der Waals surface area contributed by atoms with E-state index in [0.717, 1.165) is 22.9 Å². The third-order valence-corrected chi connectivity index (χ3v) is 4.51. The monoisotopic (exact) mass is 310 g/mol. The van der Waals surface area contributed by atoms with Gasteiger partial charge in [0, 0.05) is 23.1 Å². The predicted molar refractivity (Wildman–Crippen MR) is 80.4 cm³/mol. The fraction of sp³-hybridized carbons (Fsp3) is 0.600. The molecule has 3 heteroatoms. The molecule has 100 valence electrons. The van der Waals surface area contributed by atoms with Crippen LogP contribution in [0.15, 0.2) is 28.7 Å². The lowest BCUT2D eigenvalue weighted by Crippen LogP contribution is -2.38. The molecule has 2 rings (SSSR count). The zero-order chi connectivity index (χ0) is 13.3. The number of nitrogens with two attached hydrogens (primary N) is 1. The second kappa shape index (κ2) is 5.72. The van der Waals surface area contributed by atoms with Crippen LogP contribution in [0.4, 0.5) is 0 Å². The van der Waals surface area contributed by atoms with E-state index in [4.69, 9.17) is 5.73 Å². The molecule has 1 aliphatic rings. The maximum atomic E-state index is 6.19. The fourth-order valence-electron chi connectivity index (χ4n) is 2.76. The number of hydrogen-bond donors (Lipinski definition) is 1. The van der Waals surface area contributed by atoms with Crippen LogP contribution >= 0.6 is 15.9 Å². The molecule has 0 spiro atoms. The molecule has 2 nitrogen and oxygen atoms in total. The van der Waals surface area contributed by atoms with E-state index in [1.54, 1.807) is 0 Å².